The number of ketones is 1. The quantitative estimate of drug-likeness (QED) is 0.795. The number of rotatable bonds is 4. The van der Waals surface area contributed by atoms with Gasteiger partial charge in [-0.25, -0.2) is 0 Å². The molecule has 0 bridgehead atoms. The molecule has 0 aromatic heterocycles. The zero-order valence-electron chi connectivity index (χ0n) is 11.4. The number of carbonyl (C=O) groups excluding carboxylic acids is 1. The fraction of sp³-hybridized carbons (Fsp3) is 0.533. The summed E-state index contributed by atoms with van der Waals surface area (Å²) >= 11 is 3.44. The summed E-state index contributed by atoms with van der Waals surface area (Å²) in [6.45, 7) is 5.30. The zero-order chi connectivity index (χ0) is 13.7. The van der Waals surface area contributed by atoms with Crippen LogP contribution >= 0.6 is 15.9 Å². The lowest BCUT2D eigenvalue weighted by molar-refractivity contribution is 0.0964. The molecule has 1 saturated heterocycles. The lowest BCUT2D eigenvalue weighted by atomic mass is 10.1. The van der Waals surface area contributed by atoms with Crippen LogP contribution < -0.4 is 0 Å². The van der Waals surface area contributed by atoms with Gasteiger partial charge in [0.15, 0.2) is 5.78 Å². The number of carbonyl (C=O) groups is 1. The average molecular weight is 325 g/mol. The minimum atomic E-state index is 0.227. The number of halogens is 1. The van der Waals surface area contributed by atoms with Gasteiger partial charge >= 0.3 is 0 Å². The largest absolute Gasteiger partial charge is 0.305 e. The Morgan fingerprint density at radius 3 is 2.79 bits per heavy atom. The van der Waals surface area contributed by atoms with Gasteiger partial charge in [-0.05, 0) is 32.6 Å². The van der Waals surface area contributed by atoms with Crippen LogP contribution in [-0.4, -0.2) is 55.4 Å². The molecular formula is C15H21BrN2O. The third-order valence-electron chi connectivity index (χ3n) is 3.64. The topological polar surface area (TPSA) is 23.6 Å². The van der Waals surface area contributed by atoms with E-state index in [1.165, 1.54) is 6.42 Å². The number of hydrogen-bond donors (Lipinski definition) is 0. The Kier molecular flexibility index (Phi) is 5.55. The van der Waals surface area contributed by atoms with Gasteiger partial charge in [-0.3, -0.25) is 4.79 Å². The van der Waals surface area contributed by atoms with Gasteiger partial charge in [-0.1, -0.05) is 34.1 Å². The maximum atomic E-state index is 12.2. The van der Waals surface area contributed by atoms with E-state index in [-0.39, 0.29) is 5.78 Å². The molecule has 1 aliphatic heterocycles. The van der Waals surface area contributed by atoms with Gasteiger partial charge in [0, 0.05) is 36.1 Å². The van der Waals surface area contributed by atoms with Crippen molar-refractivity contribution >= 4 is 21.7 Å². The second-order valence-electron chi connectivity index (χ2n) is 5.15. The van der Waals surface area contributed by atoms with Crippen LogP contribution in [0.15, 0.2) is 28.7 Å². The van der Waals surface area contributed by atoms with Crippen molar-refractivity contribution in [3.05, 3.63) is 34.3 Å². The Labute approximate surface area is 123 Å². The monoisotopic (exact) mass is 324 g/mol. The molecule has 4 heteroatoms. The minimum Gasteiger partial charge on any atom is -0.305 e. The number of hydrogen-bond acceptors (Lipinski definition) is 3. The molecule has 0 unspecified atom stereocenters. The third kappa shape index (κ3) is 4.41. The van der Waals surface area contributed by atoms with E-state index >= 15 is 0 Å². The number of Topliss-reactive ketones (excluding diaryl/α,β-unsaturated/α-hetero) is 1. The van der Waals surface area contributed by atoms with Crippen molar-refractivity contribution in [2.24, 2.45) is 0 Å². The first kappa shape index (κ1) is 14.7. The standard InChI is InChI=1S/C15H21BrN2O/c1-17-8-4-9-18(12-11-17)10-7-15(19)13-5-2-3-6-14(13)16/h2-3,5-6H,4,7-12H2,1H3. The predicted octanol–water partition coefficient (Wildman–Crippen LogP) is 2.66. The number of likely N-dealkylation sites (N-methyl/N-ethyl adjacent to an activating group) is 1. The summed E-state index contributed by atoms with van der Waals surface area (Å²) in [5, 5.41) is 0. The second kappa shape index (κ2) is 7.17. The van der Waals surface area contributed by atoms with Crippen LogP contribution in [0.25, 0.3) is 0 Å². The van der Waals surface area contributed by atoms with Crippen molar-refractivity contribution < 1.29 is 4.79 Å². The van der Waals surface area contributed by atoms with Crippen LogP contribution in [0.5, 0.6) is 0 Å². The van der Waals surface area contributed by atoms with Gasteiger partial charge in [0.25, 0.3) is 0 Å². The molecular weight excluding hydrogens is 304 g/mol. The molecule has 104 valence electrons. The molecule has 2 rings (SSSR count). The molecule has 1 fully saturated rings. The normalized spacial score (nSPS) is 18.2. The van der Waals surface area contributed by atoms with E-state index in [2.05, 4.69) is 32.8 Å². The van der Waals surface area contributed by atoms with Crippen LogP contribution in [0.3, 0.4) is 0 Å². The first-order chi connectivity index (χ1) is 9.16. The summed E-state index contributed by atoms with van der Waals surface area (Å²) in [6.07, 6.45) is 1.80. The summed E-state index contributed by atoms with van der Waals surface area (Å²) in [7, 11) is 2.16. The molecule has 0 N–H and O–H groups in total. The van der Waals surface area contributed by atoms with Gasteiger partial charge in [-0.15, -0.1) is 0 Å². The fourth-order valence-electron chi connectivity index (χ4n) is 2.41. The van der Waals surface area contributed by atoms with Gasteiger partial charge < -0.3 is 9.80 Å². The third-order valence-corrected chi connectivity index (χ3v) is 4.33. The van der Waals surface area contributed by atoms with Crippen molar-refractivity contribution in [1.82, 2.24) is 9.80 Å². The van der Waals surface area contributed by atoms with Gasteiger partial charge in [0.05, 0.1) is 0 Å². The molecule has 0 amide bonds. The lowest BCUT2D eigenvalue weighted by Gasteiger charge is -2.19. The number of nitrogens with zero attached hydrogens (tertiary/aromatic N) is 2. The van der Waals surface area contributed by atoms with E-state index in [4.69, 9.17) is 0 Å². The highest BCUT2D eigenvalue weighted by Gasteiger charge is 2.14. The molecule has 0 atom stereocenters. The highest BCUT2D eigenvalue weighted by molar-refractivity contribution is 9.10. The highest BCUT2D eigenvalue weighted by Crippen LogP contribution is 2.17. The van der Waals surface area contributed by atoms with Crippen LogP contribution in [0, 0.1) is 0 Å². The average Bonchev–Trinajstić information content (AvgIpc) is 2.61. The van der Waals surface area contributed by atoms with Gasteiger partial charge in [0.1, 0.15) is 0 Å². The molecule has 0 spiro atoms. The summed E-state index contributed by atoms with van der Waals surface area (Å²) in [5.41, 5.74) is 0.800. The maximum Gasteiger partial charge on any atom is 0.165 e. The van der Waals surface area contributed by atoms with E-state index in [1.807, 2.05) is 24.3 Å². The Morgan fingerprint density at radius 2 is 2.00 bits per heavy atom. The van der Waals surface area contributed by atoms with E-state index in [0.717, 1.165) is 42.8 Å². The number of benzene rings is 1. The minimum absolute atomic E-state index is 0.227. The molecule has 1 aliphatic rings. The van der Waals surface area contributed by atoms with E-state index in [9.17, 15) is 4.79 Å². The molecule has 0 saturated carbocycles. The van der Waals surface area contributed by atoms with Crippen molar-refractivity contribution in [2.45, 2.75) is 12.8 Å². The Morgan fingerprint density at radius 1 is 1.21 bits per heavy atom. The smallest absolute Gasteiger partial charge is 0.165 e. The Hall–Kier alpha value is -0.710. The molecule has 1 heterocycles. The van der Waals surface area contributed by atoms with Crippen LogP contribution in [0.4, 0.5) is 0 Å². The summed E-state index contributed by atoms with van der Waals surface area (Å²) < 4.78 is 0.899. The van der Waals surface area contributed by atoms with Crippen LogP contribution in [0.1, 0.15) is 23.2 Å². The van der Waals surface area contributed by atoms with E-state index in [1.54, 1.807) is 0 Å². The summed E-state index contributed by atoms with van der Waals surface area (Å²) in [4.78, 5) is 16.9. The molecule has 1 aromatic rings. The molecule has 0 radical (unpaired) electrons. The molecule has 0 aliphatic carbocycles. The van der Waals surface area contributed by atoms with E-state index < -0.39 is 0 Å². The highest BCUT2D eigenvalue weighted by atomic mass is 79.9. The van der Waals surface area contributed by atoms with Crippen molar-refractivity contribution in [3.63, 3.8) is 0 Å². The first-order valence-electron chi connectivity index (χ1n) is 6.85. The Bertz CT molecular complexity index is 436. The van der Waals surface area contributed by atoms with Gasteiger partial charge in [0.2, 0.25) is 0 Å². The maximum absolute atomic E-state index is 12.2. The molecule has 1 aromatic carbocycles. The van der Waals surface area contributed by atoms with Crippen LogP contribution in [-0.2, 0) is 0 Å². The first-order valence-corrected chi connectivity index (χ1v) is 7.65. The molecule has 19 heavy (non-hydrogen) atoms. The second-order valence-corrected chi connectivity index (χ2v) is 6.01. The molecule has 3 nitrogen and oxygen atoms in total. The van der Waals surface area contributed by atoms with E-state index in [0.29, 0.717) is 6.42 Å². The van der Waals surface area contributed by atoms with Gasteiger partial charge in [-0.2, -0.15) is 0 Å². The van der Waals surface area contributed by atoms with Crippen molar-refractivity contribution in [1.29, 1.82) is 0 Å². The fourth-order valence-corrected chi connectivity index (χ4v) is 2.91. The van der Waals surface area contributed by atoms with Crippen molar-refractivity contribution in [3.8, 4) is 0 Å². The predicted molar refractivity (Wildman–Crippen MR) is 81.6 cm³/mol. The zero-order valence-corrected chi connectivity index (χ0v) is 13.0. The van der Waals surface area contributed by atoms with Crippen molar-refractivity contribution in [2.75, 3.05) is 39.8 Å². The SMILES string of the molecule is CN1CCCN(CCC(=O)c2ccccc2Br)CC1. The summed E-state index contributed by atoms with van der Waals surface area (Å²) in [5.74, 6) is 0.227. The van der Waals surface area contributed by atoms with Crippen LogP contribution in [0.2, 0.25) is 0 Å². The lowest BCUT2D eigenvalue weighted by Crippen LogP contribution is -2.30. The summed E-state index contributed by atoms with van der Waals surface area (Å²) in [6, 6.07) is 7.67. The Balaban J connectivity index is 1.85.